The summed E-state index contributed by atoms with van der Waals surface area (Å²) >= 11 is 0. The molecule has 5 aliphatic heterocycles. The molecule has 0 saturated carbocycles. The second kappa shape index (κ2) is 20.4. The first-order valence-electron chi connectivity index (χ1n) is 21.7. The van der Waals surface area contributed by atoms with E-state index in [0.29, 0.717) is 51.3 Å². The Hall–Kier alpha value is -2.19. The van der Waals surface area contributed by atoms with E-state index in [1.807, 2.05) is 19.9 Å². The Kier molecular flexibility index (Phi) is 15.9. The number of carbonyl (C=O) groups excluding carboxylic acids is 1. The topological polar surface area (TPSA) is 120 Å². The molecule has 0 bridgehead atoms. The van der Waals surface area contributed by atoms with Gasteiger partial charge in [0.25, 0.3) is 6.47 Å². The average Bonchev–Trinajstić information content (AvgIpc) is 3.62. The van der Waals surface area contributed by atoms with Crippen molar-refractivity contribution in [3.05, 3.63) is 59.3 Å². The van der Waals surface area contributed by atoms with E-state index in [-0.39, 0.29) is 72.9 Å². The minimum Gasteiger partial charge on any atom is -0.464 e. The third-order valence-electron chi connectivity index (χ3n) is 13.2. The van der Waals surface area contributed by atoms with Gasteiger partial charge in [0, 0.05) is 50.7 Å². The second-order valence-electron chi connectivity index (χ2n) is 17.4. The first kappa shape index (κ1) is 44.4. The lowest BCUT2D eigenvalue weighted by atomic mass is 9.82. The number of rotatable bonds is 15. The van der Waals surface area contributed by atoms with Crippen molar-refractivity contribution in [2.45, 2.75) is 180 Å². The van der Waals surface area contributed by atoms with E-state index in [9.17, 15) is 9.90 Å². The molecule has 5 heterocycles. The monoisotopic (exact) mass is 798 g/mol. The largest absolute Gasteiger partial charge is 0.464 e. The predicted molar refractivity (Wildman–Crippen MR) is 216 cm³/mol. The summed E-state index contributed by atoms with van der Waals surface area (Å²) in [5, 5.41) is 10.7. The molecule has 4 saturated heterocycles. The quantitative estimate of drug-likeness (QED) is 0.130. The van der Waals surface area contributed by atoms with Crippen LogP contribution < -0.4 is 0 Å². The molecule has 1 spiro atoms. The SMILES string of the molecule is CCC(C)C1OC2(C=C[C@@H]1C)CC(OC=O)CC(C/C=C(\C)[C@@H](O[C@H]1CC(OC)C(OC3CCCCO3)C(C)O1)[C@@H](C)/C=C/C=C1\COC3C(O)C(C)=CCC13)O2. The van der Waals surface area contributed by atoms with Crippen LogP contribution in [0.1, 0.15) is 106 Å². The van der Waals surface area contributed by atoms with Crippen molar-refractivity contribution in [1.29, 1.82) is 0 Å². The van der Waals surface area contributed by atoms with Crippen LogP contribution in [0.3, 0.4) is 0 Å². The zero-order chi connectivity index (χ0) is 40.7. The smallest absolute Gasteiger partial charge is 0.293 e. The predicted octanol–water partition coefficient (Wildman–Crippen LogP) is 7.67. The standard InChI is InChI=1S/C46H70O11/c1-9-28(2)43-32(6)20-21-46(57-43)25-36(52-27-47)23-35(56-46)18-16-31(5)42(30(4)13-12-14-34-26-51-45-37(34)19-17-29(3)41(45)48)55-40-24-38(49-8)44(33(7)53-40)54-39-15-10-11-22-50-39/h12-14,16-17,20-21,27-28,30,32-33,35-45,48H,9-11,15,18-19,22-26H2,1-8H3/b13-12+,31-16+,34-14+/t28?,30-,32-,33?,35?,36?,37?,38?,39?,40-,41?,42-,43?,44?,45?,46?/m0/s1. The summed E-state index contributed by atoms with van der Waals surface area (Å²) in [6, 6.07) is 0. The normalized spacial score (nSPS) is 41.2. The summed E-state index contributed by atoms with van der Waals surface area (Å²) in [6.07, 6.45) is 18.7. The number of hydrogen-bond donors (Lipinski definition) is 1. The molecule has 1 N–H and O–H groups in total. The van der Waals surface area contributed by atoms with Crippen molar-refractivity contribution in [1.82, 2.24) is 0 Å². The average molecular weight is 799 g/mol. The fourth-order valence-corrected chi connectivity index (χ4v) is 9.53. The molecule has 0 aromatic carbocycles. The first-order valence-corrected chi connectivity index (χ1v) is 21.7. The molecule has 320 valence electrons. The number of aliphatic hydroxyl groups excluding tert-OH is 1. The van der Waals surface area contributed by atoms with Crippen molar-refractivity contribution in [3.8, 4) is 0 Å². The highest BCUT2D eigenvalue weighted by atomic mass is 16.7. The molecular formula is C46H70O11. The van der Waals surface area contributed by atoms with Crippen LogP contribution in [0.25, 0.3) is 0 Å². The van der Waals surface area contributed by atoms with Crippen molar-refractivity contribution in [2.75, 3.05) is 20.3 Å². The Labute approximate surface area is 341 Å². The summed E-state index contributed by atoms with van der Waals surface area (Å²) in [7, 11) is 1.72. The third-order valence-corrected chi connectivity index (χ3v) is 13.2. The zero-order valence-electron chi connectivity index (χ0n) is 35.6. The van der Waals surface area contributed by atoms with Gasteiger partial charge in [-0.15, -0.1) is 0 Å². The molecule has 6 rings (SSSR count). The molecule has 11 nitrogen and oxygen atoms in total. The van der Waals surface area contributed by atoms with Gasteiger partial charge in [-0.25, -0.2) is 0 Å². The van der Waals surface area contributed by atoms with E-state index in [2.05, 4.69) is 71.1 Å². The van der Waals surface area contributed by atoms with Gasteiger partial charge < -0.3 is 47.7 Å². The molecule has 0 aromatic heterocycles. The van der Waals surface area contributed by atoms with Crippen LogP contribution in [0.15, 0.2) is 59.3 Å². The number of fused-ring (bicyclic) bond motifs is 1. The zero-order valence-corrected chi connectivity index (χ0v) is 35.6. The minimum atomic E-state index is -0.952. The molecule has 1 aliphatic carbocycles. The summed E-state index contributed by atoms with van der Waals surface area (Å²) in [5.74, 6) is -0.205. The Morgan fingerprint density at radius 3 is 2.68 bits per heavy atom. The van der Waals surface area contributed by atoms with Gasteiger partial charge in [-0.05, 0) is 81.6 Å². The molecule has 4 fully saturated rings. The molecule has 0 aromatic rings. The van der Waals surface area contributed by atoms with Crippen LogP contribution in [-0.2, 0) is 47.4 Å². The fourth-order valence-electron chi connectivity index (χ4n) is 9.53. The molecule has 0 amide bonds. The highest BCUT2D eigenvalue weighted by Crippen LogP contribution is 2.42. The van der Waals surface area contributed by atoms with Crippen molar-refractivity contribution >= 4 is 6.47 Å². The van der Waals surface area contributed by atoms with Gasteiger partial charge in [-0.3, -0.25) is 4.79 Å². The van der Waals surface area contributed by atoms with E-state index < -0.39 is 18.2 Å². The van der Waals surface area contributed by atoms with E-state index in [0.717, 1.165) is 43.3 Å². The van der Waals surface area contributed by atoms with Gasteiger partial charge in [0.05, 0.1) is 43.2 Å². The lowest BCUT2D eigenvalue weighted by Gasteiger charge is -2.47. The lowest BCUT2D eigenvalue weighted by Crippen LogP contribution is -2.52. The first-order chi connectivity index (χ1) is 27.4. The maximum absolute atomic E-state index is 11.6. The van der Waals surface area contributed by atoms with Gasteiger partial charge >= 0.3 is 0 Å². The maximum Gasteiger partial charge on any atom is 0.293 e. The summed E-state index contributed by atoms with van der Waals surface area (Å²) in [6.45, 7) is 16.6. The molecular weight excluding hydrogens is 728 g/mol. The van der Waals surface area contributed by atoms with Crippen molar-refractivity contribution < 1.29 is 52.5 Å². The number of hydrogen-bond acceptors (Lipinski definition) is 11. The molecule has 0 radical (unpaired) electrons. The van der Waals surface area contributed by atoms with Gasteiger partial charge in [0.1, 0.15) is 18.3 Å². The highest BCUT2D eigenvalue weighted by molar-refractivity contribution is 5.37. The number of aliphatic hydroxyl groups is 1. The van der Waals surface area contributed by atoms with E-state index in [1.165, 1.54) is 5.57 Å². The van der Waals surface area contributed by atoms with E-state index in [1.54, 1.807) is 7.11 Å². The number of carbonyl (C=O) groups is 1. The van der Waals surface area contributed by atoms with Gasteiger partial charge in [0.2, 0.25) is 0 Å². The van der Waals surface area contributed by atoms with Crippen molar-refractivity contribution in [2.24, 2.45) is 23.7 Å². The second-order valence-corrected chi connectivity index (χ2v) is 17.4. The number of methoxy groups -OCH3 is 1. The Morgan fingerprint density at radius 2 is 1.95 bits per heavy atom. The highest BCUT2D eigenvalue weighted by Gasteiger charge is 2.47. The third kappa shape index (κ3) is 11.0. The van der Waals surface area contributed by atoms with Gasteiger partial charge in [-0.2, -0.15) is 0 Å². The maximum atomic E-state index is 11.6. The van der Waals surface area contributed by atoms with Gasteiger partial charge in [0.15, 0.2) is 18.4 Å². The lowest BCUT2D eigenvalue weighted by molar-refractivity contribution is -0.299. The minimum absolute atomic E-state index is 0.00716. The summed E-state index contributed by atoms with van der Waals surface area (Å²) in [5.41, 5.74) is 3.21. The molecule has 16 atom stereocenters. The van der Waals surface area contributed by atoms with Crippen LogP contribution in [-0.4, -0.2) is 105 Å². The van der Waals surface area contributed by atoms with Crippen LogP contribution in [0.4, 0.5) is 0 Å². The number of allylic oxidation sites excluding steroid dienone is 3. The van der Waals surface area contributed by atoms with Crippen LogP contribution in [0, 0.1) is 23.7 Å². The molecule has 11 heteroatoms. The van der Waals surface area contributed by atoms with E-state index >= 15 is 0 Å². The Balaban J connectivity index is 1.19. The van der Waals surface area contributed by atoms with Crippen LogP contribution >= 0.6 is 0 Å². The Morgan fingerprint density at radius 1 is 1.12 bits per heavy atom. The fraction of sp³-hybridized carbons (Fsp3) is 0.761. The molecule has 57 heavy (non-hydrogen) atoms. The van der Waals surface area contributed by atoms with E-state index in [4.69, 9.17) is 42.6 Å². The summed E-state index contributed by atoms with van der Waals surface area (Å²) < 4.78 is 56.9. The van der Waals surface area contributed by atoms with Crippen LogP contribution in [0.2, 0.25) is 0 Å². The summed E-state index contributed by atoms with van der Waals surface area (Å²) in [4.78, 5) is 11.6. The van der Waals surface area contributed by atoms with Gasteiger partial charge in [-0.1, -0.05) is 70.6 Å². The molecule has 12 unspecified atom stereocenters. The van der Waals surface area contributed by atoms with Crippen molar-refractivity contribution in [3.63, 3.8) is 0 Å². The Bertz CT molecular complexity index is 1470. The van der Waals surface area contributed by atoms with Crippen LogP contribution in [0.5, 0.6) is 0 Å². The molecule has 6 aliphatic rings. The number of ether oxygens (including phenoxy) is 9.